The van der Waals surface area contributed by atoms with Gasteiger partial charge in [-0.3, -0.25) is 4.79 Å². The highest BCUT2D eigenvalue weighted by molar-refractivity contribution is 7.98. The molecule has 0 amide bonds. The van der Waals surface area contributed by atoms with Crippen molar-refractivity contribution >= 4 is 17.7 Å². The van der Waals surface area contributed by atoms with Crippen LogP contribution in [0.25, 0.3) is 0 Å². The van der Waals surface area contributed by atoms with Crippen molar-refractivity contribution in [3.63, 3.8) is 0 Å². The number of carboxylic acids is 1. The van der Waals surface area contributed by atoms with Crippen LogP contribution in [0.1, 0.15) is 30.7 Å². The van der Waals surface area contributed by atoms with Crippen LogP contribution in [0.3, 0.4) is 0 Å². The van der Waals surface area contributed by atoms with E-state index in [-0.39, 0.29) is 23.2 Å². The maximum absolute atomic E-state index is 14.2. The third kappa shape index (κ3) is 2.66. The van der Waals surface area contributed by atoms with E-state index in [4.69, 9.17) is 5.11 Å². The van der Waals surface area contributed by atoms with Gasteiger partial charge in [0.1, 0.15) is 11.6 Å². The second kappa shape index (κ2) is 5.26. The molecule has 1 unspecified atom stereocenters. The van der Waals surface area contributed by atoms with Gasteiger partial charge in [-0.1, -0.05) is 6.07 Å². The molecule has 2 nitrogen and oxygen atoms in total. The zero-order valence-corrected chi connectivity index (χ0v) is 10.8. The molecule has 1 fully saturated rings. The van der Waals surface area contributed by atoms with Crippen molar-refractivity contribution in [3.05, 3.63) is 29.3 Å². The Hall–Kier alpha value is -1.10. The Bertz CT molecular complexity index is 472. The molecule has 1 aliphatic carbocycles. The molecular weight excluding hydrogens is 258 g/mol. The first-order valence-electron chi connectivity index (χ1n) is 5.78. The molecule has 0 radical (unpaired) electrons. The summed E-state index contributed by atoms with van der Waals surface area (Å²) >= 11 is 1.01. The van der Waals surface area contributed by atoms with E-state index in [2.05, 4.69) is 0 Å². The Morgan fingerprint density at radius 1 is 1.50 bits per heavy atom. The summed E-state index contributed by atoms with van der Waals surface area (Å²) < 4.78 is 27.6. The molecule has 1 aliphatic rings. The molecule has 0 bridgehead atoms. The van der Waals surface area contributed by atoms with Crippen molar-refractivity contribution in [1.29, 1.82) is 0 Å². The van der Waals surface area contributed by atoms with Gasteiger partial charge in [0.05, 0.1) is 11.3 Å². The first kappa shape index (κ1) is 13.3. The van der Waals surface area contributed by atoms with Crippen molar-refractivity contribution in [2.75, 3.05) is 6.26 Å². The van der Waals surface area contributed by atoms with Gasteiger partial charge < -0.3 is 5.11 Å². The summed E-state index contributed by atoms with van der Waals surface area (Å²) in [5.41, 5.74) is 0.339. The van der Waals surface area contributed by atoms with Crippen LogP contribution in [0, 0.1) is 17.6 Å². The monoisotopic (exact) mass is 272 g/mol. The lowest BCUT2D eigenvalue weighted by Gasteiger charge is -2.17. The van der Waals surface area contributed by atoms with Gasteiger partial charge in [0.2, 0.25) is 0 Å². The summed E-state index contributed by atoms with van der Waals surface area (Å²) in [7, 11) is 0. The highest BCUT2D eigenvalue weighted by Gasteiger charge is 2.36. The van der Waals surface area contributed by atoms with Crippen molar-refractivity contribution in [3.8, 4) is 0 Å². The fourth-order valence-corrected chi connectivity index (χ4v) is 2.80. The van der Waals surface area contributed by atoms with Crippen LogP contribution in [0.2, 0.25) is 0 Å². The molecule has 1 aromatic carbocycles. The average molecular weight is 272 g/mol. The predicted molar refractivity (Wildman–Crippen MR) is 65.9 cm³/mol. The van der Waals surface area contributed by atoms with E-state index >= 15 is 0 Å². The molecular formula is C13H14F2O2S. The van der Waals surface area contributed by atoms with E-state index in [9.17, 15) is 13.6 Å². The van der Waals surface area contributed by atoms with Crippen LogP contribution in [0.15, 0.2) is 17.0 Å². The molecule has 0 spiro atoms. The zero-order valence-electron chi connectivity index (χ0n) is 9.95. The molecule has 0 aromatic heterocycles. The SMILES string of the molecule is CSc1c(F)ccc(C(CC(=O)O)C2CC2)c1F. The standard InChI is InChI=1S/C13H14F2O2S/c1-18-13-10(14)5-4-8(12(13)15)9(6-11(16)17)7-2-3-7/h4-5,7,9H,2-3,6H2,1H3,(H,16,17). The van der Waals surface area contributed by atoms with Crippen LogP contribution >= 0.6 is 11.8 Å². The predicted octanol–water partition coefficient (Wildman–Crippen LogP) is 3.66. The smallest absolute Gasteiger partial charge is 0.303 e. The maximum Gasteiger partial charge on any atom is 0.303 e. The van der Waals surface area contributed by atoms with Crippen LogP contribution in [0.5, 0.6) is 0 Å². The lowest BCUT2D eigenvalue weighted by atomic mass is 9.90. The first-order chi connectivity index (χ1) is 8.54. The van der Waals surface area contributed by atoms with Crippen molar-refractivity contribution in [2.45, 2.75) is 30.1 Å². The summed E-state index contributed by atoms with van der Waals surface area (Å²) in [4.78, 5) is 10.8. The lowest BCUT2D eigenvalue weighted by Crippen LogP contribution is -2.11. The number of halogens is 2. The fraction of sp³-hybridized carbons (Fsp3) is 0.462. The Labute approximate surface area is 108 Å². The largest absolute Gasteiger partial charge is 0.481 e. The van der Waals surface area contributed by atoms with Crippen molar-refractivity contribution in [1.82, 2.24) is 0 Å². The molecule has 98 valence electrons. The Balaban J connectivity index is 2.38. The maximum atomic E-state index is 14.2. The highest BCUT2D eigenvalue weighted by Crippen LogP contribution is 2.46. The molecule has 5 heteroatoms. The summed E-state index contributed by atoms with van der Waals surface area (Å²) in [6.07, 6.45) is 3.35. The van der Waals surface area contributed by atoms with E-state index < -0.39 is 17.6 Å². The molecule has 2 rings (SSSR count). The number of benzene rings is 1. The Morgan fingerprint density at radius 3 is 2.67 bits per heavy atom. The van der Waals surface area contributed by atoms with E-state index in [0.717, 1.165) is 24.6 Å². The number of carboxylic acid groups (broad SMARTS) is 1. The number of aliphatic carboxylic acids is 1. The normalized spacial score (nSPS) is 16.6. The van der Waals surface area contributed by atoms with E-state index in [1.54, 1.807) is 6.26 Å². The van der Waals surface area contributed by atoms with E-state index in [1.165, 1.54) is 12.1 Å². The van der Waals surface area contributed by atoms with Crippen molar-refractivity contribution in [2.24, 2.45) is 5.92 Å². The number of hydrogen-bond donors (Lipinski definition) is 1. The minimum Gasteiger partial charge on any atom is -0.481 e. The number of thioether (sulfide) groups is 1. The van der Waals surface area contributed by atoms with Crippen LogP contribution < -0.4 is 0 Å². The highest BCUT2D eigenvalue weighted by atomic mass is 32.2. The summed E-state index contributed by atoms with van der Waals surface area (Å²) in [6.45, 7) is 0. The minimum atomic E-state index is -0.943. The molecule has 0 saturated heterocycles. The molecule has 1 aromatic rings. The summed E-state index contributed by atoms with van der Waals surface area (Å²) in [6, 6.07) is 2.61. The van der Waals surface area contributed by atoms with Gasteiger partial charge in [-0.05, 0) is 36.6 Å². The summed E-state index contributed by atoms with van der Waals surface area (Å²) in [5, 5.41) is 8.89. The molecule has 1 N–H and O–H groups in total. The first-order valence-corrected chi connectivity index (χ1v) is 7.00. The third-order valence-electron chi connectivity index (χ3n) is 3.27. The molecule has 0 heterocycles. The second-order valence-electron chi connectivity index (χ2n) is 4.53. The number of carbonyl (C=O) groups is 1. The molecule has 1 atom stereocenters. The quantitative estimate of drug-likeness (QED) is 0.831. The summed E-state index contributed by atoms with van der Waals surface area (Å²) in [5.74, 6) is -2.25. The van der Waals surface area contributed by atoms with Gasteiger partial charge in [0.25, 0.3) is 0 Å². The third-order valence-corrected chi connectivity index (χ3v) is 4.05. The fourth-order valence-electron chi connectivity index (χ4n) is 2.24. The van der Waals surface area contributed by atoms with E-state index in [0.29, 0.717) is 5.56 Å². The molecule has 0 aliphatic heterocycles. The van der Waals surface area contributed by atoms with Gasteiger partial charge in [-0.15, -0.1) is 11.8 Å². The molecule has 1 saturated carbocycles. The van der Waals surface area contributed by atoms with Gasteiger partial charge in [-0.25, -0.2) is 8.78 Å². The van der Waals surface area contributed by atoms with Gasteiger partial charge >= 0.3 is 5.97 Å². The molecule has 18 heavy (non-hydrogen) atoms. The minimum absolute atomic E-state index is 0.0245. The van der Waals surface area contributed by atoms with Crippen LogP contribution in [-0.4, -0.2) is 17.3 Å². The van der Waals surface area contributed by atoms with Gasteiger partial charge in [0.15, 0.2) is 0 Å². The number of hydrogen-bond acceptors (Lipinski definition) is 2. The zero-order chi connectivity index (χ0) is 13.3. The Morgan fingerprint density at radius 2 is 2.17 bits per heavy atom. The van der Waals surface area contributed by atoms with Gasteiger partial charge in [0, 0.05) is 5.92 Å². The van der Waals surface area contributed by atoms with Crippen molar-refractivity contribution < 1.29 is 18.7 Å². The van der Waals surface area contributed by atoms with Crippen LogP contribution in [-0.2, 0) is 4.79 Å². The lowest BCUT2D eigenvalue weighted by molar-refractivity contribution is -0.137. The average Bonchev–Trinajstić information content (AvgIpc) is 3.11. The topological polar surface area (TPSA) is 37.3 Å². The van der Waals surface area contributed by atoms with Gasteiger partial charge in [-0.2, -0.15) is 0 Å². The number of rotatable bonds is 5. The Kier molecular flexibility index (Phi) is 3.90. The van der Waals surface area contributed by atoms with Crippen LogP contribution in [0.4, 0.5) is 8.78 Å². The van der Waals surface area contributed by atoms with E-state index in [1.807, 2.05) is 0 Å². The second-order valence-corrected chi connectivity index (χ2v) is 5.34.